The highest BCUT2D eigenvalue weighted by molar-refractivity contribution is 7.98. The van der Waals surface area contributed by atoms with Gasteiger partial charge in [-0.15, -0.1) is 15.3 Å². The largest absolute Gasteiger partial charge is 0.497 e. The third-order valence-corrected chi connectivity index (χ3v) is 4.51. The Morgan fingerprint density at radius 2 is 2.04 bits per heavy atom. The van der Waals surface area contributed by atoms with Crippen molar-refractivity contribution in [2.45, 2.75) is 37.3 Å². The SMILES string of the molecule is CCCCn1nnnc1CSc1nnc(-c2ccc(OC)cc2OC)o1. The summed E-state index contributed by atoms with van der Waals surface area (Å²) in [7, 11) is 3.18. The quantitative estimate of drug-likeness (QED) is 0.522. The molecule has 0 aliphatic carbocycles. The summed E-state index contributed by atoms with van der Waals surface area (Å²) in [4.78, 5) is 0. The second-order valence-electron chi connectivity index (χ2n) is 5.40. The normalized spacial score (nSPS) is 10.9. The van der Waals surface area contributed by atoms with Gasteiger partial charge in [-0.2, -0.15) is 0 Å². The predicted octanol–water partition coefficient (Wildman–Crippen LogP) is 2.83. The third kappa shape index (κ3) is 4.13. The minimum absolute atomic E-state index is 0.387. The van der Waals surface area contributed by atoms with E-state index in [1.807, 2.05) is 12.1 Å². The van der Waals surface area contributed by atoms with Crippen molar-refractivity contribution < 1.29 is 13.9 Å². The van der Waals surface area contributed by atoms with Gasteiger partial charge in [-0.3, -0.25) is 0 Å². The summed E-state index contributed by atoms with van der Waals surface area (Å²) >= 11 is 1.39. The lowest BCUT2D eigenvalue weighted by molar-refractivity contribution is 0.393. The Bertz CT molecular complexity index is 850. The molecule has 138 valence electrons. The van der Waals surface area contributed by atoms with E-state index in [1.54, 1.807) is 25.0 Å². The number of aryl methyl sites for hydroxylation is 1. The van der Waals surface area contributed by atoms with Gasteiger partial charge in [-0.1, -0.05) is 25.1 Å². The van der Waals surface area contributed by atoms with Crippen LogP contribution in [0, 0.1) is 0 Å². The first-order valence-electron chi connectivity index (χ1n) is 8.19. The van der Waals surface area contributed by atoms with Crippen LogP contribution in [0.15, 0.2) is 27.8 Å². The molecular formula is C16H20N6O3S. The van der Waals surface area contributed by atoms with E-state index in [4.69, 9.17) is 13.9 Å². The highest BCUT2D eigenvalue weighted by atomic mass is 32.2. The Kier molecular flexibility index (Phi) is 6.05. The number of hydrogen-bond donors (Lipinski definition) is 0. The molecular weight excluding hydrogens is 356 g/mol. The molecule has 2 heterocycles. The zero-order chi connectivity index (χ0) is 18.4. The van der Waals surface area contributed by atoms with Gasteiger partial charge >= 0.3 is 0 Å². The fourth-order valence-corrected chi connectivity index (χ4v) is 2.98. The van der Waals surface area contributed by atoms with Gasteiger partial charge in [0.05, 0.1) is 25.5 Å². The van der Waals surface area contributed by atoms with Crippen molar-refractivity contribution in [1.82, 2.24) is 30.4 Å². The molecule has 0 fully saturated rings. The van der Waals surface area contributed by atoms with Crippen LogP contribution in [0.25, 0.3) is 11.5 Å². The van der Waals surface area contributed by atoms with Crippen LogP contribution in [-0.2, 0) is 12.3 Å². The van der Waals surface area contributed by atoms with Crippen LogP contribution >= 0.6 is 11.8 Å². The van der Waals surface area contributed by atoms with Crippen molar-refractivity contribution in [3.8, 4) is 23.0 Å². The van der Waals surface area contributed by atoms with Crippen molar-refractivity contribution in [1.29, 1.82) is 0 Å². The number of thioether (sulfide) groups is 1. The molecule has 0 N–H and O–H groups in total. The summed E-state index contributed by atoms with van der Waals surface area (Å²) in [6.07, 6.45) is 2.12. The van der Waals surface area contributed by atoms with E-state index in [9.17, 15) is 0 Å². The lowest BCUT2D eigenvalue weighted by Crippen LogP contribution is -2.04. The molecule has 0 unspecified atom stereocenters. The van der Waals surface area contributed by atoms with Crippen molar-refractivity contribution in [2.24, 2.45) is 0 Å². The first-order valence-corrected chi connectivity index (χ1v) is 9.17. The zero-order valence-corrected chi connectivity index (χ0v) is 15.7. The minimum atomic E-state index is 0.387. The van der Waals surface area contributed by atoms with E-state index < -0.39 is 0 Å². The van der Waals surface area contributed by atoms with Crippen molar-refractivity contribution in [3.05, 3.63) is 24.0 Å². The van der Waals surface area contributed by atoms with E-state index in [0.717, 1.165) is 25.2 Å². The Balaban J connectivity index is 1.70. The molecule has 0 atom stereocenters. The molecule has 3 rings (SSSR count). The predicted molar refractivity (Wildman–Crippen MR) is 95.1 cm³/mol. The van der Waals surface area contributed by atoms with Crippen LogP contribution in [0.2, 0.25) is 0 Å². The van der Waals surface area contributed by atoms with Crippen LogP contribution in [0.4, 0.5) is 0 Å². The first-order chi connectivity index (χ1) is 12.7. The van der Waals surface area contributed by atoms with E-state index in [-0.39, 0.29) is 0 Å². The molecule has 1 aromatic carbocycles. The van der Waals surface area contributed by atoms with Gasteiger partial charge in [0, 0.05) is 12.6 Å². The van der Waals surface area contributed by atoms with Gasteiger partial charge in [0.25, 0.3) is 11.1 Å². The highest BCUT2D eigenvalue weighted by Gasteiger charge is 2.16. The molecule has 10 heteroatoms. The Labute approximate surface area is 155 Å². The average molecular weight is 376 g/mol. The van der Waals surface area contributed by atoms with Crippen LogP contribution in [0.1, 0.15) is 25.6 Å². The molecule has 0 bridgehead atoms. The summed E-state index contributed by atoms with van der Waals surface area (Å²) in [5.41, 5.74) is 0.709. The molecule has 26 heavy (non-hydrogen) atoms. The number of ether oxygens (including phenoxy) is 2. The second-order valence-corrected chi connectivity index (χ2v) is 6.33. The fourth-order valence-electron chi connectivity index (χ4n) is 2.29. The van der Waals surface area contributed by atoms with Gasteiger partial charge in [0.2, 0.25) is 0 Å². The third-order valence-electron chi connectivity index (χ3n) is 3.70. The average Bonchev–Trinajstić information content (AvgIpc) is 3.33. The second kappa shape index (κ2) is 8.65. The van der Waals surface area contributed by atoms with Crippen LogP contribution in [0.5, 0.6) is 11.5 Å². The summed E-state index contributed by atoms with van der Waals surface area (Å²) < 4.78 is 18.1. The van der Waals surface area contributed by atoms with Crippen molar-refractivity contribution in [2.75, 3.05) is 14.2 Å². The molecule has 0 aliphatic rings. The van der Waals surface area contributed by atoms with Crippen molar-refractivity contribution >= 4 is 11.8 Å². The number of nitrogens with zero attached hydrogens (tertiary/aromatic N) is 6. The van der Waals surface area contributed by atoms with Gasteiger partial charge in [0.1, 0.15) is 11.5 Å². The van der Waals surface area contributed by atoms with E-state index in [0.29, 0.717) is 33.9 Å². The summed E-state index contributed by atoms with van der Waals surface area (Å²) in [6.45, 7) is 2.93. The molecule has 3 aromatic rings. The molecule has 0 aliphatic heterocycles. The monoisotopic (exact) mass is 376 g/mol. The molecule has 0 saturated heterocycles. The fraction of sp³-hybridized carbons (Fsp3) is 0.438. The molecule has 0 radical (unpaired) electrons. The van der Waals surface area contributed by atoms with Gasteiger partial charge in [-0.25, -0.2) is 4.68 Å². The maximum Gasteiger partial charge on any atom is 0.277 e. The van der Waals surface area contributed by atoms with E-state index in [2.05, 4.69) is 32.6 Å². The molecule has 0 spiro atoms. The van der Waals surface area contributed by atoms with Crippen LogP contribution in [0.3, 0.4) is 0 Å². The molecule has 2 aromatic heterocycles. The number of rotatable bonds is 9. The van der Waals surface area contributed by atoms with Crippen molar-refractivity contribution in [3.63, 3.8) is 0 Å². The number of unbranched alkanes of at least 4 members (excludes halogenated alkanes) is 1. The Hall–Kier alpha value is -2.62. The first kappa shape index (κ1) is 18.2. The number of methoxy groups -OCH3 is 2. The van der Waals surface area contributed by atoms with Crippen LogP contribution in [-0.4, -0.2) is 44.6 Å². The van der Waals surface area contributed by atoms with E-state index in [1.165, 1.54) is 11.8 Å². The Morgan fingerprint density at radius 1 is 1.15 bits per heavy atom. The number of aromatic nitrogens is 6. The maximum absolute atomic E-state index is 5.75. The summed E-state index contributed by atoms with van der Waals surface area (Å²) in [5.74, 6) is 3.02. The van der Waals surface area contributed by atoms with Gasteiger partial charge in [-0.05, 0) is 29.0 Å². The molecule has 0 amide bonds. The standard InChI is InChI=1S/C16H20N6O3S/c1-4-5-8-22-14(17-20-21-22)10-26-16-19-18-15(25-16)12-7-6-11(23-2)9-13(12)24-3/h6-7,9H,4-5,8,10H2,1-3H3. The van der Waals surface area contributed by atoms with Gasteiger partial charge in [0.15, 0.2) is 5.82 Å². The van der Waals surface area contributed by atoms with Crippen LogP contribution < -0.4 is 9.47 Å². The highest BCUT2D eigenvalue weighted by Crippen LogP contribution is 2.34. The summed E-state index contributed by atoms with van der Waals surface area (Å²) in [5, 5.41) is 20.4. The molecule has 9 nitrogen and oxygen atoms in total. The topological polar surface area (TPSA) is 101 Å². The minimum Gasteiger partial charge on any atom is -0.497 e. The van der Waals surface area contributed by atoms with E-state index >= 15 is 0 Å². The maximum atomic E-state index is 5.75. The summed E-state index contributed by atoms with van der Waals surface area (Å²) in [6, 6.07) is 5.41. The molecule has 0 saturated carbocycles. The zero-order valence-electron chi connectivity index (χ0n) is 14.9. The lowest BCUT2D eigenvalue weighted by Gasteiger charge is -2.07. The Morgan fingerprint density at radius 3 is 2.81 bits per heavy atom. The van der Waals surface area contributed by atoms with Gasteiger partial charge < -0.3 is 13.9 Å². The number of tetrazole rings is 1. The number of benzene rings is 1. The smallest absolute Gasteiger partial charge is 0.277 e. The number of hydrogen-bond acceptors (Lipinski definition) is 9. The lowest BCUT2D eigenvalue weighted by atomic mass is 10.2.